The molecule has 1 fully saturated rings. The third-order valence-electron chi connectivity index (χ3n) is 2.98. The number of hydrogen-bond acceptors (Lipinski definition) is 3. The normalized spacial score (nSPS) is 14.5. The number of anilines is 1. The molecular weight excluding hydrogens is 226 g/mol. The first-order chi connectivity index (χ1) is 8.85. The highest BCUT2D eigenvalue weighted by atomic mass is 16.5. The summed E-state index contributed by atoms with van der Waals surface area (Å²) in [6.07, 6.45) is 2.51. The number of benzene rings is 1. The van der Waals surface area contributed by atoms with Gasteiger partial charge in [-0.2, -0.15) is 5.10 Å². The van der Waals surface area contributed by atoms with E-state index < -0.39 is 0 Å². The molecule has 0 spiro atoms. The lowest BCUT2D eigenvalue weighted by atomic mass is 10.1. The summed E-state index contributed by atoms with van der Waals surface area (Å²) in [6.45, 7) is 2.68. The molecule has 4 heteroatoms. The molecule has 0 bridgehead atoms. The molecule has 1 aliphatic carbocycles. The second-order valence-corrected chi connectivity index (χ2v) is 4.54. The second-order valence-electron chi connectivity index (χ2n) is 4.54. The Balaban J connectivity index is 1.74. The van der Waals surface area contributed by atoms with Crippen molar-refractivity contribution in [3.05, 3.63) is 30.3 Å². The standard InChI is InChI=1S/C14H17N3O/c1-2-18-12-7-3-10(4-8-12)13-9-14(17-16-13)15-11-5-6-11/h3-4,7-9,11H,2,5-6H2,1H3,(H2,15,16,17). The molecule has 18 heavy (non-hydrogen) atoms. The molecule has 2 aromatic rings. The van der Waals surface area contributed by atoms with Crippen molar-refractivity contribution in [1.29, 1.82) is 0 Å². The van der Waals surface area contributed by atoms with Crippen LogP contribution in [0.1, 0.15) is 19.8 Å². The van der Waals surface area contributed by atoms with Crippen molar-refractivity contribution >= 4 is 5.82 Å². The molecule has 1 aromatic heterocycles. The number of aromatic amines is 1. The molecule has 3 rings (SSSR count). The van der Waals surface area contributed by atoms with Gasteiger partial charge in [-0.15, -0.1) is 0 Å². The quantitative estimate of drug-likeness (QED) is 0.848. The summed E-state index contributed by atoms with van der Waals surface area (Å²) in [7, 11) is 0. The van der Waals surface area contributed by atoms with Gasteiger partial charge in [-0.05, 0) is 49.6 Å². The Hall–Kier alpha value is -1.97. The largest absolute Gasteiger partial charge is 0.494 e. The van der Waals surface area contributed by atoms with E-state index in [4.69, 9.17) is 4.74 Å². The lowest BCUT2D eigenvalue weighted by Gasteiger charge is -2.03. The van der Waals surface area contributed by atoms with Crippen molar-refractivity contribution in [2.75, 3.05) is 11.9 Å². The summed E-state index contributed by atoms with van der Waals surface area (Å²) in [4.78, 5) is 0. The van der Waals surface area contributed by atoms with Crippen LogP contribution in [0.2, 0.25) is 0 Å². The molecule has 1 saturated carbocycles. The van der Waals surface area contributed by atoms with Crippen molar-refractivity contribution in [1.82, 2.24) is 10.2 Å². The van der Waals surface area contributed by atoms with Crippen LogP contribution in [0.5, 0.6) is 5.75 Å². The van der Waals surface area contributed by atoms with E-state index in [-0.39, 0.29) is 0 Å². The van der Waals surface area contributed by atoms with Gasteiger partial charge in [0.05, 0.1) is 12.3 Å². The number of nitrogens with zero attached hydrogens (tertiary/aromatic N) is 1. The molecule has 0 saturated heterocycles. The maximum absolute atomic E-state index is 5.42. The Morgan fingerprint density at radius 1 is 1.33 bits per heavy atom. The molecule has 94 valence electrons. The number of hydrogen-bond donors (Lipinski definition) is 2. The third kappa shape index (κ3) is 2.47. The van der Waals surface area contributed by atoms with E-state index in [1.807, 2.05) is 37.3 Å². The molecule has 0 amide bonds. The van der Waals surface area contributed by atoms with Gasteiger partial charge in [-0.3, -0.25) is 5.10 Å². The zero-order valence-electron chi connectivity index (χ0n) is 10.4. The minimum atomic E-state index is 0.626. The predicted molar refractivity (Wildman–Crippen MR) is 71.8 cm³/mol. The van der Waals surface area contributed by atoms with Gasteiger partial charge in [0.1, 0.15) is 11.6 Å². The first kappa shape index (κ1) is 11.1. The van der Waals surface area contributed by atoms with Gasteiger partial charge >= 0.3 is 0 Å². The highest BCUT2D eigenvalue weighted by molar-refractivity contribution is 5.63. The smallest absolute Gasteiger partial charge is 0.148 e. The number of nitrogens with one attached hydrogen (secondary N) is 2. The van der Waals surface area contributed by atoms with Crippen molar-refractivity contribution in [3.63, 3.8) is 0 Å². The summed E-state index contributed by atoms with van der Waals surface area (Å²) >= 11 is 0. The highest BCUT2D eigenvalue weighted by Crippen LogP contribution is 2.26. The molecule has 0 atom stereocenters. The van der Waals surface area contributed by atoms with Gasteiger partial charge in [0.25, 0.3) is 0 Å². The molecule has 0 radical (unpaired) electrons. The summed E-state index contributed by atoms with van der Waals surface area (Å²) in [5.41, 5.74) is 2.15. The first-order valence-corrected chi connectivity index (χ1v) is 6.40. The van der Waals surface area contributed by atoms with E-state index in [1.54, 1.807) is 0 Å². The predicted octanol–water partition coefficient (Wildman–Crippen LogP) is 3.05. The fraction of sp³-hybridized carbons (Fsp3) is 0.357. The van der Waals surface area contributed by atoms with Crippen LogP contribution in [0.25, 0.3) is 11.3 Å². The van der Waals surface area contributed by atoms with Crippen LogP contribution in [-0.4, -0.2) is 22.8 Å². The molecule has 1 aliphatic rings. The minimum absolute atomic E-state index is 0.626. The van der Waals surface area contributed by atoms with Gasteiger partial charge in [0, 0.05) is 12.1 Å². The van der Waals surface area contributed by atoms with Crippen LogP contribution in [0.4, 0.5) is 5.82 Å². The number of rotatable bonds is 5. The molecule has 0 aliphatic heterocycles. The van der Waals surface area contributed by atoms with Gasteiger partial charge in [-0.1, -0.05) is 0 Å². The minimum Gasteiger partial charge on any atom is -0.494 e. The van der Waals surface area contributed by atoms with Gasteiger partial charge in [0.2, 0.25) is 0 Å². The second kappa shape index (κ2) is 4.72. The molecule has 2 N–H and O–H groups in total. The molecule has 0 unspecified atom stereocenters. The zero-order valence-corrected chi connectivity index (χ0v) is 10.4. The lowest BCUT2D eigenvalue weighted by Crippen LogP contribution is -2.00. The number of aromatic nitrogens is 2. The van der Waals surface area contributed by atoms with Crippen LogP contribution < -0.4 is 10.1 Å². The topological polar surface area (TPSA) is 49.9 Å². The van der Waals surface area contributed by atoms with E-state index in [2.05, 4.69) is 15.5 Å². The van der Waals surface area contributed by atoms with E-state index in [0.29, 0.717) is 12.6 Å². The Kier molecular flexibility index (Phi) is 2.92. The Morgan fingerprint density at radius 2 is 2.11 bits per heavy atom. The molecule has 4 nitrogen and oxygen atoms in total. The monoisotopic (exact) mass is 243 g/mol. The lowest BCUT2D eigenvalue weighted by molar-refractivity contribution is 0.340. The van der Waals surface area contributed by atoms with Crippen LogP contribution in [0.15, 0.2) is 30.3 Å². The molecular formula is C14H17N3O. The summed E-state index contributed by atoms with van der Waals surface area (Å²) in [5, 5.41) is 10.7. The van der Waals surface area contributed by atoms with Crippen LogP contribution in [-0.2, 0) is 0 Å². The summed E-state index contributed by atoms with van der Waals surface area (Å²) in [6, 6.07) is 10.7. The molecule has 1 aromatic carbocycles. The van der Waals surface area contributed by atoms with Crippen molar-refractivity contribution in [2.45, 2.75) is 25.8 Å². The first-order valence-electron chi connectivity index (χ1n) is 6.40. The summed E-state index contributed by atoms with van der Waals surface area (Å²) < 4.78 is 5.42. The van der Waals surface area contributed by atoms with Gasteiger partial charge in [0.15, 0.2) is 0 Å². The highest BCUT2D eigenvalue weighted by Gasteiger charge is 2.21. The van der Waals surface area contributed by atoms with Crippen LogP contribution >= 0.6 is 0 Å². The van der Waals surface area contributed by atoms with Gasteiger partial charge in [-0.25, -0.2) is 0 Å². The zero-order chi connectivity index (χ0) is 12.4. The number of ether oxygens (including phenoxy) is 1. The fourth-order valence-electron chi connectivity index (χ4n) is 1.88. The van der Waals surface area contributed by atoms with Crippen molar-refractivity contribution < 1.29 is 4.74 Å². The molecule has 1 heterocycles. The summed E-state index contributed by atoms with van der Waals surface area (Å²) in [5.74, 6) is 1.83. The van der Waals surface area contributed by atoms with E-state index in [0.717, 1.165) is 22.8 Å². The van der Waals surface area contributed by atoms with Crippen molar-refractivity contribution in [3.8, 4) is 17.0 Å². The van der Waals surface area contributed by atoms with Gasteiger partial charge < -0.3 is 10.1 Å². The average molecular weight is 243 g/mol. The van der Waals surface area contributed by atoms with E-state index in [1.165, 1.54) is 12.8 Å². The van der Waals surface area contributed by atoms with E-state index >= 15 is 0 Å². The van der Waals surface area contributed by atoms with Crippen LogP contribution in [0, 0.1) is 0 Å². The maximum Gasteiger partial charge on any atom is 0.148 e. The Morgan fingerprint density at radius 3 is 2.78 bits per heavy atom. The Bertz CT molecular complexity index is 514. The maximum atomic E-state index is 5.42. The number of H-pyrrole nitrogens is 1. The van der Waals surface area contributed by atoms with Crippen LogP contribution in [0.3, 0.4) is 0 Å². The fourth-order valence-corrected chi connectivity index (χ4v) is 1.88. The van der Waals surface area contributed by atoms with E-state index in [9.17, 15) is 0 Å². The third-order valence-corrected chi connectivity index (χ3v) is 2.98. The van der Waals surface area contributed by atoms with Crippen molar-refractivity contribution in [2.24, 2.45) is 0 Å². The SMILES string of the molecule is CCOc1ccc(-c2cc(NC3CC3)n[nH]2)cc1. The Labute approximate surface area is 106 Å². The average Bonchev–Trinajstić information content (AvgIpc) is 3.07.